The molecule has 0 aliphatic carbocycles. The lowest BCUT2D eigenvalue weighted by Gasteiger charge is -2.19. The molecule has 2 rings (SSSR count). The molecule has 1 aliphatic rings. The van der Waals surface area contributed by atoms with Crippen LogP contribution in [0.25, 0.3) is 0 Å². The molecular formula is C13H24N3O4P. The molecule has 0 saturated carbocycles. The highest BCUT2D eigenvalue weighted by Crippen LogP contribution is 2.25. The molecule has 1 aromatic heterocycles. The number of hydrogen-bond acceptors (Lipinski definition) is 3. The fraction of sp³-hybridized carbons (Fsp3) is 0.462. The van der Waals surface area contributed by atoms with Gasteiger partial charge in [-0.05, 0) is 18.7 Å². The van der Waals surface area contributed by atoms with E-state index in [0.29, 0.717) is 0 Å². The predicted octanol–water partition coefficient (Wildman–Crippen LogP) is 1.66. The van der Waals surface area contributed by atoms with Crippen molar-refractivity contribution in [1.29, 1.82) is 0 Å². The van der Waals surface area contributed by atoms with Gasteiger partial charge in [0.25, 0.3) is 0 Å². The van der Waals surface area contributed by atoms with E-state index >= 15 is 0 Å². The van der Waals surface area contributed by atoms with E-state index in [1.54, 1.807) is 12.5 Å². The van der Waals surface area contributed by atoms with E-state index < -0.39 is 7.82 Å². The van der Waals surface area contributed by atoms with Crippen molar-refractivity contribution in [3.63, 3.8) is 0 Å². The third kappa shape index (κ3) is 16.5. The molecule has 21 heavy (non-hydrogen) atoms. The maximum atomic E-state index is 8.88. The zero-order chi connectivity index (χ0) is 16.1. The molecule has 0 radical (unpaired) electrons. The number of phosphoric acid groups is 1. The second kappa shape index (κ2) is 11.3. The molecule has 0 aromatic carbocycles. The number of rotatable bonds is 3. The molecular weight excluding hydrogens is 293 g/mol. The van der Waals surface area contributed by atoms with Crippen molar-refractivity contribution in [2.75, 3.05) is 13.1 Å². The van der Waals surface area contributed by atoms with Gasteiger partial charge in [-0.1, -0.05) is 25.5 Å². The Morgan fingerprint density at radius 3 is 2.29 bits per heavy atom. The summed E-state index contributed by atoms with van der Waals surface area (Å²) in [6.45, 7) is 4.53. The van der Waals surface area contributed by atoms with Crippen molar-refractivity contribution in [2.45, 2.75) is 19.8 Å². The van der Waals surface area contributed by atoms with Crippen LogP contribution in [0.15, 0.2) is 43.1 Å². The highest BCUT2D eigenvalue weighted by atomic mass is 31.2. The summed E-state index contributed by atoms with van der Waals surface area (Å²) >= 11 is 0. The third-order valence-corrected chi connectivity index (χ3v) is 2.32. The summed E-state index contributed by atoms with van der Waals surface area (Å²) in [6.07, 6.45) is 16.5. The summed E-state index contributed by atoms with van der Waals surface area (Å²) in [7, 11) is -2.70. The molecule has 2 heterocycles. The molecule has 0 unspecified atom stereocenters. The predicted molar refractivity (Wildman–Crippen MR) is 82.2 cm³/mol. The Labute approximate surface area is 125 Å². The summed E-state index contributed by atoms with van der Waals surface area (Å²) in [6, 6.07) is 0. The molecule has 0 atom stereocenters. The van der Waals surface area contributed by atoms with Gasteiger partial charge in [-0.2, -0.15) is 0 Å². The number of aryl methyl sites for hydroxylation is 1. The SMILES string of the molecule is CCCCN1C=CC=CC1.Cn1ccnc1.O=P(O)(O)O. The first-order valence-electron chi connectivity index (χ1n) is 6.60. The lowest BCUT2D eigenvalue weighted by molar-refractivity contribution is 0.275. The molecule has 8 heteroatoms. The topological polar surface area (TPSA) is 98.8 Å². The minimum absolute atomic E-state index is 1.09. The van der Waals surface area contributed by atoms with Gasteiger partial charge >= 0.3 is 7.82 Å². The molecule has 0 amide bonds. The standard InChI is InChI=1S/C9H15N.C4H6N2.H3O4P/c1-2-3-7-10-8-5-4-6-9-10;1-6-3-2-5-4-6;1-5(2,3)4/h4-6,8H,2-3,7,9H2,1H3;2-4H,1H3;(H3,1,2,3,4). The lowest BCUT2D eigenvalue weighted by atomic mass is 10.3. The normalized spacial score (nSPS) is 13.1. The fourth-order valence-electron chi connectivity index (χ4n) is 1.36. The lowest BCUT2D eigenvalue weighted by Crippen LogP contribution is -2.19. The molecule has 3 N–H and O–H groups in total. The Bertz CT molecular complexity index is 446. The first-order chi connectivity index (χ1) is 9.83. The number of imidazole rings is 1. The molecule has 1 aliphatic heterocycles. The summed E-state index contributed by atoms with van der Waals surface area (Å²) < 4.78 is 10.8. The Morgan fingerprint density at radius 2 is 1.95 bits per heavy atom. The second-order valence-corrected chi connectivity index (χ2v) is 5.39. The zero-order valence-corrected chi connectivity index (χ0v) is 13.3. The molecule has 0 saturated heterocycles. The van der Waals surface area contributed by atoms with Crippen molar-refractivity contribution < 1.29 is 19.2 Å². The van der Waals surface area contributed by atoms with Crippen molar-refractivity contribution >= 4 is 7.82 Å². The molecule has 1 aromatic rings. The van der Waals surface area contributed by atoms with E-state index in [-0.39, 0.29) is 0 Å². The van der Waals surface area contributed by atoms with Crippen LogP contribution in [0.3, 0.4) is 0 Å². The van der Waals surface area contributed by atoms with E-state index in [1.165, 1.54) is 19.4 Å². The highest BCUT2D eigenvalue weighted by molar-refractivity contribution is 7.45. The van der Waals surface area contributed by atoms with Crippen LogP contribution in [-0.2, 0) is 11.6 Å². The fourth-order valence-corrected chi connectivity index (χ4v) is 1.36. The van der Waals surface area contributed by atoms with Gasteiger partial charge in [0.15, 0.2) is 0 Å². The summed E-state index contributed by atoms with van der Waals surface area (Å²) in [5.41, 5.74) is 0. The van der Waals surface area contributed by atoms with Crippen molar-refractivity contribution in [3.05, 3.63) is 43.1 Å². The van der Waals surface area contributed by atoms with Crippen molar-refractivity contribution in [1.82, 2.24) is 14.5 Å². The van der Waals surface area contributed by atoms with Crippen molar-refractivity contribution in [3.8, 4) is 0 Å². The number of aromatic nitrogens is 2. The average Bonchev–Trinajstić information content (AvgIpc) is 2.87. The maximum Gasteiger partial charge on any atom is 0.466 e. The average molecular weight is 317 g/mol. The van der Waals surface area contributed by atoms with Crippen LogP contribution in [0.2, 0.25) is 0 Å². The van der Waals surface area contributed by atoms with E-state index in [2.05, 4.69) is 41.2 Å². The van der Waals surface area contributed by atoms with Gasteiger partial charge in [0.05, 0.1) is 6.33 Å². The summed E-state index contributed by atoms with van der Waals surface area (Å²) in [5.74, 6) is 0. The highest BCUT2D eigenvalue weighted by Gasteiger charge is 2.00. The van der Waals surface area contributed by atoms with Crippen LogP contribution in [0.1, 0.15) is 19.8 Å². The Balaban J connectivity index is 0.000000312. The minimum Gasteiger partial charge on any atom is -0.374 e. The van der Waals surface area contributed by atoms with Crippen LogP contribution in [0, 0.1) is 0 Å². The Morgan fingerprint density at radius 1 is 1.29 bits per heavy atom. The van der Waals surface area contributed by atoms with E-state index in [0.717, 1.165) is 6.54 Å². The zero-order valence-electron chi connectivity index (χ0n) is 12.4. The van der Waals surface area contributed by atoms with Crippen LogP contribution >= 0.6 is 7.82 Å². The first kappa shape index (κ1) is 19.6. The maximum absolute atomic E-state index is 8.88. The summed E-state index contributed by atoms with van der Waals surface area (Å²) in [5, 5.41) is 0. The summed E-state index contributed by atoms with van der Waals surface area (Å²) in [4.78, 5) is 27.7. The van der Waals surface area contributed by atoms with Gasteiger partial charge in [0.2, 0.25) is 0 Å². The molecule has 7 nitrogen and oxygen atoms in total. The molecule has 120 valence electrons. The number of allylic oxidation sites excluding steroid dienone is 2. The number of unbranched alkanes of at least 4 members (excludes halogenated alkanes) is 1. The Hall–Kier alpha value is -1.40. The smallest absolute Gasteiger partial charge is 0.374 e. The van der Waals surface area contributed by atoms with Gasteiger partial charge in [-0.15, -0.1) is 0 Å². The molecule has 0 bridgehead atoms. The van der Waals surface area contributed by atoms with E-state index in [4.69, 9.17) is 19.2 Å². The monoisotopic (exact) mass is 317 g/mol. The first-order valence-corrected chi connectivity index (χ1v) is 8.17. The number of nitrogens with zero attached hydrogens (tertiary/aromatic N) is 3. The van der Waals surface area contributed by atoms with Crippen LogP contribution < -0.4 is 0 Å². The molecule has 0 fully saturated rings. The van der Waals surface area contributed by atoms with Gasteiger partial charge in [0.1, 0.15) is 0 Å². The van der Waals surface area contributed by atoms with Gasteiger partial charge in [-0.3, -0.25) is 0 Å². The largest absolute Gasteiger partial charge is 0.466 e. The second-order valence-electron chi connectivity index (χ2n) is 4.36. The van der Waals surface area contributed by atoms with Crippen LogP contribution in [-0.4, -0.2) is 42.2 Å². The van der Waals surface area contributed by atoms with E-state index in [9.17, 15) is 0 Å². The van der Waals surface area contributed by atoms with E-state index in [1.807, 2.05) is 17.8 Å². The van der Waals surface area contributed by atoms with Gasteiger partial charge in [0, 0.05) is 32.5 Å². The quantitative estimate of drug-likeness (QED) is 0.733. The molecule has 0 spiro atoms. The van der Waals surface area contributed by atoms with Gasteiger partial charge < -0.3 is 24.1 Å². The van der Waals surface area contributed by atoms with Crippen molar-refractivity contribution in [2.24, 2.45) is 7.05 Å². The Kier molecular flexibility index (Phi) is 10.5. The van der Waals surface area contributed by atoms with Gasteiger partial charge in [-0.25, -0.2) is 9.55 Å². The van der Waals surface area contributed by atoms with Crippen LogP contribution in [0.5, 0.6) is 0 Å². The van der Waals surface area contributed by atoms with Crippen LogP contribution in [0.4, 0.5) is 0 Å². The number of hydrogen-bond donors (Lipinski definition) is 3. The minimum atomic E-state index is -4.64. The third-order valence-electron chi connectivity index (χ3n) is 2.32.